The van der Waals surface area contributed by atoms with Crippen LogP contribution in [0.3, 0.4) is 0 Å². The van der Waals surface area contributed by atoms with E-state index in [1.54, 1.807) is 0 Å². The monoisotopic (exact) mass is 450 g/mol. The molecule has 1 fully saturated rings. The normalized spacial score (nSPS) is 19.8. The summed E-state index contributed by atoms with van der Waals surface area (Å²) in [6.45, 7) is 0.791. The molecule has 31 heavy (non-hydrogen) atoms. The lowest BCUT2D eigenvalue weighted by Gasteiger charge is -2.49. The molecule has 0 bridgehead atoms. The van der Waals surface area contributed by atoms with Crippen LogP contribution in [0.2, 0.25) is 0 Å². The summed E-state index contributed by atoms with van der Waals surface area (Å²) in [6, 6.07) is 4.60. The molecular formula is C18H18N4O8S. The van der Waals surface area contributed by atoms with Crippen LogP contribution < -0.4 is 10.6 Å². The molecule has 3 N–H and O–H groups in total. The van der Waals surface area contributed by atoms with Crippen molar-refractivity contribution < 1.29 is 33.9 Å². The number of carbonyl (C=O) groups excluding carboxylic acids is 3. The van der Waals surface area contributed by atoms with E-state index >= 15 is 0 Å². The van der Waals surface area contributed by atoms with Gasteiger partial charge in [-0.15, -0.1) is 11.8 Å². The fourth-order valence-electron chi connectivity index (χ4n) is 3.09. The third kappa shape index (κ3) is 4.77. The van der Waals surface area contributed by atoms with Gasteiger partial charge in [0.2, 0.25) is 5.91 Å². The Hall–Kier alpha value is -3.61. The summed E-state index contributed by atoms with van der Waals surface area (Å²) in [5, 5.41) is 24.9. The van der Waals surface area contributed by atoms with E-state index in [0.29, 0.717) is 11.3 Å². The van der Waals surface area contributed by atoms with Gasteiger partial charge in [0.15, 0.2) is 0 Å². The lowest BCUT2D eigenvalue weighted by Crippen LogP contribution is -2.71. The lowest BCUT2D eigenvalue weighted by molar-refractivity contribution is -0.384. The molecule has 2 aliphatic rings. The minimum atomic E-state index is -1.31. The molecule has 0 spiro atoms. The molecule has 0 radical (unpaired) electrons. The highest BCUT2D eigenvalue weighted by molar-refractivity contribution is 8.00. The zero-order chi connectivity index (χ0) is 22.7. The maximum Gasteiger partial charge on any atom is 0.352 e. The molecule has 1 unspecified atom stereocenters. The van der Waals surface area contributed by atoms with Crippen molar-refractivity contribution in [3.63, 3.8) is 0 Å². The SMILES string of the molecule is CC(=O)OCC1=C(C(=O)O)N2C(=O)C(NC(=O)CNc3ccc([N+](=O)[O-])cc3)[C@H]2SC1. The minimum Gasteiger partial charge on any atom is -0.477 e. The standard InChI is InChI=1S/C18H18N4O8S/c1-9(23)30-7-10-8-31-17-14(16(25)21(17)15(10)18(26)27)20-13(24)6-19-11-2-4-12(5-3-11)22(28)29/h2-5,14,17,19H,6-8H2,1H3,(H,20,24)(H,26,27)/t14?,17-/m1/s1. The average Bonchev–Trinajstić information content (AvgIpc) is 2.73. The Labute approximate surface area is 179 Å². The quantitative estimate of drug-likeness (QED) is 0.217. The van der Waals surface area contributed by atoms with E-state index in [4.69, 9.17) is 4.74 Å². The molecule has 1 saturated heterocycles. The predicted molar refractivity (Wildman–Crippen MR) is 108 cm³/mol. The van der Waals surface area contributed by atoms with Crippen LogP contribution in [0, 0.1) is 10.1 Å². The van der Waals surface area contributed by atoms with Crippen molar-refractivity contribution in [2.24, 2.45) is 0 Å². The lowest BCUT2D eigenvalue weighted by atomic mass is 10.0. The van der Waals surface area contributed by atoms with Crippen molar-refractivity contribution in [1.82, 2.24) is 10.2 Å². The number of nitro benzene ring substituents is 1. The highest BCUT2D eigenvalue weighted by Gasteiger charge is 2.54. The zero-order valence-electron chi connectivity index (χ0n) is 16.2. The molecular weight excluding hydrogens is 432 g/mol. The second kappa shape index (κ2) is 9.04. The van der Waals surface area contributed by atoms with Crippen LogP contribution in [-0.4, -0.2) is 69.0 Å². The molecule has 1 aromatic rings. The molecule has 13 heteroatoms. The number of amides is 2. The average molecular weight is 450 g/mol. The van der Waals surface area contributed by atoms with E-state index in [2.05, 4.69) is 10.6 Å². The molecule has 1 aromatic carbocycles. The van der Waals surface area contributed by atoms with Gasteiger partial charge in [-0.3, -0.25) is 29.4 Å². The molecule has 0 saturated carbocycles. The molecule has 164 valence electrons. The van der Waals surface area contributed by atoms with Crippen LogP contribution in [0.4, 0.5) is 11.4 Å². The number of nitro groups is 1. The Morgan fingerprint density at radius 3 is 2.58 bits per heavy atom. The fraction of sp³-hybridized carbons (Fsp3) is 0.333. The maximum absolute atomic E-state index is 12.5. The van der Waals surface area contributed by atoms with Gasteiger partial charge < -0.3 is 20.5 Å². The number of carboxylic acids is 1. The number of ether oxygens (including phenoxy) is 1. The number of anilines is 1. The first-order chi connectivity index (χ1) is 14.7. The summed E-state index contributed by atoms with van der Waals surface area (Å²) in [5.41, 5.74) is 0.479. The number of fused-ring (bicyclic) bond motifs is 1. The second-order valence-corrected chi connectivity index (χ2v) is 7.76. The fourth-order valence-corrected chi connectivity index (χ4v) is 4.42. The number of thioether (sulfide) groups is 1. The first kappa shape index (κ1) is 22.1. The number of esters is 1. The smallest absolute Gasteiger partial charge is 0.352 e. The van der Waals surface area contributed by atoms with Crippen LogP contribution >= 0.6 is 11.8 Å². The van der Waals surface area contributed by atoms with Gasteiger partial charge in [0, 0.05) is 36.1 Å². The van der Waals surface area contributed by atoms with Crippen LogP contribution in [0.15, 0.2) is 35.5 Å². The number of carbonyl (C=O) groups is 4. The number of benzene rings is 1. The van der Waals surface area contributed by atoms with Gasteiger partial charge in [-0.1, -0.05) is 0 Å². The topological polar surface area (TPSA) is 168 Å². The Kier molecular flexibility index (Phi) is 6.44. The summed E-state index contributed by atoms with van der Waals surface area (Å²) < 4.78 is 4.86. The van der Waals surface area contributed by atoms with Gasteiger partial charge >= 0.3 is 11.9 Å². The first-order valence-corrected chi connectivity index (χ1v) is 10.0. The number of nitrogens with one attached hydrogen (secondary N) is 2. The minimum absolute atomic E-state index is 0.0835. The summed E-state index contributed by atoms with van der Waals surface area (Å²) >= 11 is 1.26. The summed E-state index contributed by atoms with van der Waals surface area (Å²) in [4.78, 5) is 58.6. The first-order valence-electron chi connectivity index (χ1n) is 9.00. The van der Waals surface area contributed by atoms with E-state index in [1.165, 1.54) is 43.0 Å². The third-order valence-electron chi connectivity index (χ3n) is 4.55. The van der Waals surface area contributed by atoms with E-state index in [0.717, 1.165) is 4.90 Å². The number of carboxylic acid groups (broad SMARTS) is 1. The molecule has 2 aliphatic heterocycles. The van der Waals surface area contributed by atoms with Gasteiger partial charge in [0.25, 0.3) is 11.6 Å². The molecule has 2 heterocycles. The van der Waals surface area contributed by atoms with Gasteiger partial charge in [0.1, 0.15) is 23.7 Å². The van der Waals surface area contributed by atoms with E-state index < -0.39 is 40.1 Å². The number of aliphatic carboxylic acids is 1. The zero-order valence-corrected chi connectivity index (χ0v) is 17.0. The highest BCUT2D eigenvalue weighted by Crippen LogP contribution is 2.40. The van der Waals surface area contributed by atoms with E-state index in [-0.39, 0.29) is 30.3 Å². The molecule has 0 aromatic heterocycles. The summed E-state index contributed by atoms with van der Waals surface area (Å²) in [6.07, 6.45) is 0. The largest absolute Gasteiger partial charge is 0.477 e. The number of rotatable bonds is 8. The van der Waals surface area contributed by atoms with Crippen molar-refractivity contribution in [3.8, 4) is 0 Å². The van der Waals surface area contributed by atoms with Crippen LogP contribution in [-0.2, 0) is 23.9 Å². The molecule has 3 rings (SSSR count). The van der Waals surface area contributed by atoms with Gasteiger partial charge in [-0.25, -0.2) is 4.79 Å². The Morgan fingerprint density at radius 2 is 2.00 bits per heavy atom. The number of hydrogen-bond acceptors (Lipinski definition) is 9. The number of hydrogen-bond donors (Lipinski definition) is 3. The molecule has 2 atom stereocenters. The van der Waals surface area contributed by atoms with Crippen molar-refractivity contribution in [3.05, 3.63) is 45.6 Å². The molecule has 0 aliphatic carbocycles. The number of nitrogens with zero attached hydrogens (tertiary/aromatic N) is 2. The van der Waals surface area contributed by atoms with Gasteiger partial charge in [-0.2, -0.15) is 0 Å². The van der Waals surface area contributed by atoms with E-state index in [1.807, 2.05) is 0 Å². The summed E-state index contributed by atoms with van der Waals surface area (Å²) in [7, 11) is 0. The molecule has 2 amide bonds. The number of non-ortho nitro benzene ring substituents is 1. The third-order valence-corrected chi connectivity index (χ3v) is 5.89. The Bertz CT molecular complexity index is 977. The summed E-state index contributed by atoms with van der Waals surface area (Å²) in [5.74, 6) is -2.71. The van der Waals surface area contributed by atoms with Gasteiger partial charge in [-0.05, 0) is 12.1 Å². The highest BCUT2D eigenvalue weighted by atomic mass is 32.2. The van der Waals surface area contributed by atoms with Crippen LogP contribution in [0.5, 0.6) is 0 Å². The van der Waals surface area contributed by atoms with Crippen molar-refractivity contribution in [1.29, 1.82) is 0 Å². The Morgan fingerprint density at radius 1 is 1.32 bits per heavy atom. The number of β-lactam (4-membered cyclic amide) rings is 1. The predicted octanol–water partition coefficient (Wildman–Crippen LogP) is 0.308. The van der Waals surface area contributed by atoms with Gasteiger partial charge in [0.05, 0.1) is 11.5 Å². The van der Waals surface area contributed by atoms with Crippen molar-refractivity contribution in [2.75, 3.05) is 24.2 Å². The van der Waals surface area contributed by atoms with Crippen molar-refractivity contribution in [2.45, 2.75) is 18.3 Å². The van der Waals surface area contributed by atoms with E-state index in [9.17, 15) is 34.4 Å². The Balaban J connectivity index is 1.59. The van der Waals surface area contributed by atoms with Crippen LogP contribution in [0.25, 0.3) is 0 Å². The second-order valence-electron chi connectivity index (χ2n) is 6.65. The maximum atomic E-state index is 12.5. The van der Waals surface area contributed by atoms with Crippen molar-refractivity contribution >= 4 is 46.9 Å². The molecule has 12 nitrogen and oxygen atoms in total. The van der Waals surface area contributed by atoms with Crippen LogP contribution in [0.1, 0.15) is 6.92 Å².